The minimum atomic E-state index is 0.634. The summed E-state index contributed by atoms with van der Waals surface area (Å²) < 4.78 is 0. The first-order valence-corrected chi connectivity index (χ1v) is 9.44. The molecule has 0 amide bonds. The standard InChI is InChI=1S/C17H24N2.C3H7Br/c1-4-15(5-2)13-19-10-8-16(9-11-19)17-7-6-14(3)12-18-17;1-3(2)4/h4-7,12,16H,1,8-11,13H2,2-3H3;3H,1-2H3/b15-5+;. The van der Waals surface area contributed by atoms with Gasteiger partial charge in [0.15, 0.2) is 0 Å². The molecule has 1 saturated heterocycles. The van der Waals surface area contributed by atoms with Gasteiger partial charge < -0.3 is 0 Å². The summed E-state index contributed by atoms with van der Waals surface area (Å²) in [4.78, 5) is 7.74. The van der Waals surface area contributed by atoms with Gasteiger partial charge in [-0.05, 0) is 57.0 Å². The van der Waals surface area contributed by atoms with Crippen molar-refractivity contribution in [1.82, 2.24) is 9.88 Å². The summed E-state index contributed by atoms with van der Waals surface area (Å²) in [6, 6.07) is 4.36. The lowest BCUT2D eigenvalue weighted by atomic mass is 9.92. The fraction of sp³-hybridized carbons (Fsp3) is 0.550. The van der Waals surface area contributed by atoms with Crippen LogP contribution in [0.5, 0.6) is 0 Å². The molecule has 1 aliphatic rings. The predicted octanol–water partition coefficient (Wildman–Crippen LogP) is 5.49. The zero-order valence-electron chi connectivity index (χ0n) is 15.1. The third-order valence-electron chi connectivity index (χ3n) is 3.98. The lowest BCUT2D eigenvalue weighted by Gasteiger charge is -2.32. The number of piperidine rings is 1. The van der Waals surface area contributed by atoms with E-state index in [0.29, 0.717) is 10.7 Å². The number of nitrogens with zero attached hydrogens (tertiary/aromatic N) is 2. The van der Waals surface area contributed by atoms with Gasteiger partial charge >= 0.3 is 0 Å². The van der Waals surface area contributed by atoms with Crippen molar-refractivity contribution in [1.29, 1.82) is 0 Å². The predicted molar refractivity (Wildman–Crippen MR) is 105 cm³/mol. The molecule has 0 spiro atoms. The molecule has 128 valence electrons. The molecule has 0 atom stereocenters. The molecule has 1 fully saturated rings. The molecule has 0 unspecified atom stereocenters. The van der Waals surface area contributed by atoms with Crippen LogP contribution in [0.3, 0.4) is 0 Å². The van der Waals surface area contributed by atoms with E-state index in [2.05, 4.69) is 78.3 Å². The van der Waals surface area contributed by atoms with Crippen molar-refractivity contribution in [2.75, 3.05) is 19.6 Å². The average molecular weight is 379 g/mol. The summed E-state index contributed by atoms with van der Waals surface area (Å²) in [6.45, 7) is 15.6. The smallest absolute Gasteiger partial charge is 0.0435 e. The quantitative estimate of drug-likeness (QED) is 0.508. The van der Waals surface area contributed by atoms with Crippen molar-refractivity contribution in [3.8, 4) is 0 Å². The van der Waals surface area contributed by atoms with Crippen LogP contribution in [0.15, 0.2) is 42.6 Å². The molecule has 23 heavy (non-hydrogen) atoms. The first kappa shape index (κ1) is 20.1. The van der Waals surface area contributed by atoms with Crippen molar-refractivity contribution in [2.45, 2.75) is 51.3 Å². The second-order valence-electron chi connectivity index (χ2n) is 6.39. The molecular formula is C20H31BrN2. The zero-order valence-corrected chi connectivity index (χ0v) is 16.6. The van der Waals surface area contributed by atoms with Crippen LogP contribution < -0.4 is 0 Å². The maximum Gasteiger partial charge on any atom is 0.0435 e. The topological polar surface area (TPSA) is 16.1 Å². The fourth-order valence-corrected chi connectivity index (χ4v) is 2.64. The van der Waals surface area contributed by atoms with E-state index < -0.39 is 0 Å². The SMILES string of the molecule is C=C/C(=C\C)CN1CCC(c2ccc(C)cn2)CC1.CC(C)Br. The van der Waals surface area contributed by atoms with Crippen LogP contribution >= 0.6 is 15.9 Å². The molecule has 2 heterocycles. The molecule has 2 nitrogen and oxygen atoms in total. The van der Waals surface area contributed by atoms with Gasteiger partial charge in [-0.1, -0.05) is 54.6 Å². The molecule has 0 aliphatic carbocycles. The zero-order chi connectivity index (χ0) is 17.2. The summed E-state index contributed by atoms with van der Waals surface area (Å²) in [5, 5.41) is 0. The number of hydrogen-bond acceptors (Lipinski definition) is 2. The Morgan fingerprint density at radius 3 is 2.43 bits per heavy atom. The number of likely N-dealkylation sites (tertiary alicyclic amines) is 1. The van der Waals surface area contributed by atoms with Gasteiger partial charge in [0.05, 0.1) is 0 Å². The Kier molecular flexibility index (Phi) is 9.42. The van der Waals surface area contributed by atoms with Crippen LogP contribution in [-0.2, 0) is 0 Å². The average Bonchev–Trinajstić information content (AvgIpc) is 2.53. The monoisotopic (exact) mass is 378 g/mol. The third kappa shape index (κ3) is 7.94. The minimum absolute atomic E-state index is 0.634. The van der Waals surface area contributed by atoms with Crippen molar-refractivity contribution >= 4 is 15.9 Å². The van der Waals surface area contributed by atoms with Crippen LogP contribution in [0.2, 0.25) is 0 Å². The summed E-state index contributed by atoms with van der Waals surface area (Å²) in [5.74, 6) is 0.634. The largest absolute Gasteiger partial charge is 0.299 e. The van der Waals surface area contributed by atoms with E-state index in [1.807, 2.05) is 12.3 Å². The molecule has 0 radical (unpaired) electrons. The number of rotatable bonds is 4. The highest BCUT2D eigenvalue weighted by Gasteiger charge is 2.21. The Labute approximate surface area is 150 Å². The van der Waals surface area contributed by atoms with Gasteiger partial charge in [0.2, 0.25) is 0 Å². The van der Waals surface area contributed by atoms with E-state index in [0.717, 1.165) is 19.6 Å². The van der Waals surface area contributed by atoms with Crippen molar-refractivity contribution in [3.05, 3.63) is 53.9 Å². The Morgan fingerprint density at radius 1 is 1.39 bits per heavy atom. The number of halogens is 1. The number of alkyl halides is 1. The molecular weight excluding hydrogens is 348 g/mol. The van der Waals surface area contributed by atoms with E-state index >= 15 is 0 Å². The summed E-state index contributed by atoms with van der Waals surface area (Å²) >= 11 is 3.27. The summed E-state index contributed by atoms with van der Waals surface area (Å²) in [7, 11) is 0. The molecule has 1 aliphatic heterocycles. The molecule has 3 heteroatoms. The second kappa shape index (κ2) is 10.8. The van der Waals surface area contributed by atoms with Gasteiger partial charge in [-0.3, -0.25) is 9.88 Å². The fourth-order valence-electron chi connectivity index (χ4n) is 2.64. The Hall–Kier alpha value is -0.930. The van der Waals surface area contributed by atoms with Gasteiger partial charge in [-0.25, -0.2) is 0 Å². The van der Waals surface area contributed by atoms with Crippen molar-refractivity contribution in [2.24, 2.45) is 0 Å². The number of pyridine rings is 1. The molecule has 0 N–H and O–H groups in total. The Morgan fingerprint density at radius 2 is 2.00 bits per heavy atom. The van der Waals surface area contributed by atoms with Gasteiger partial charge in [-0.2, -0.15) is 0 Å². The first-order chi connectivity index (χ1) is 11.0. The molecule has 1 aromatic rings. The van der Waals surface area contributed by atoms with E-state index in [-0.39, 0.29) is 0 Å². The lowest BCUT2D eigenvalue weighted by molar-refractivity contribution is 0.228. The number of allylic oxidation sites excluding steroid dienone is 1. The van der Waals surface area contributed by atoms with E-state index in [4.69, 9.17) is 0 Å². The van der Waals surface area contributed by atoms with Crippen LogP contribution in [0.1, 0.15) is 50.8 Å². The summed E-state index contributed by atoms with van der Waals surface area (Å²) in [6.07, 6.45) is 8.53. The number of aromatic nitrogens is 1. The number of aryl methyl sites for hydroxylation is 1. The number of hydrogen-bond donors (Lipinski definition) is 0. The normalized spacial score (nSPS) is 16.9. The minimum Gasteiger partial charge on any atom is -0.299 e. The highest BCUT2D eigenvalue weighted by atomic mass is 79.9. The Balaban J connectivity index is 0.000000593. The van der Waals surface area contributed by atoms with Crippen molar-refractivity contribution in [3.63, 3.8) is 0 Å². The van der Waals surface area contributed by atoms with Gasteiger partial charge in [0, 0.05) is 29.2 Å². The molecule has 2 rings (SSSR count). The highest BCUT2D eigenvalue weighted by Crippen LogP contribution is 2.26. The van der Waals surface area contributed by atoms with Crippen LogP contribution in [-0.4, -0.2) is 34.3 Å². The van der Waals surface area contributed by atoms with Crippen LogP contribution in [0.25, 0.3) is 0 Å². The van der Waals surface area contributed by atoms with E-state index in [1.54, 1.807) is 0 Å². The highest BCUT2D eigenvalue weighted by molar-refractivity contribution is 9.09. The van der Waals surface area contributed by atoms with E-state index in [9.17, 15) is 0 Å². The first-order valence-electron chi connectivity index (χ1n) is 8.52. The van der Waals surface area contributed by atoms with E-state index in [1.165, 1.54) is 29.7 Å². The molecule has 0 bridgehead atoms. The molecule has 0 saturated carbocycles. The summed E-state index contributed by atoms with van der Waals surface area (Å²) in [5.41, 5.74) is 3.83. The van der Waals surface area contributed by atoms with Gasteiger partial charge in [-0.15, -0.1) is 0 Å². The third-order valence-corrected chi connectivity index (χ3v) is 3.98. The molecule has 1 aromatic heterocycles. The maximum atomic E-state index is 4.57. The second-order valence-corrected chi connectivity index (χ2v) is 8.22. The molecule has 0 aromatic carbocycles. The van der Waals surface area contributed by atoms with Crippen molar-refractivity contribution < 1.29 is 0 Å². The lowest BCUT2D eigenvalue weighted by Crippen LogP contribution is -2.34. The van der Waals surface area contributed by atoms with Crippen LogP contribution in [0, 0.1) is 6.92 Å². The van der Waals surface area contributed by atoms with Gasteiger partial charge in [0.1, 0.15) is 0 Å². The maximum absolute atomic E-state index is 4.57. The van der Waals surface area contributed by atoms with Gasteiger partial charge in [0.25, 0.3) is 0 Å². The van der Waals surface area contributed by atoms with Crippen LogP contribution in [0.4, 0.5) is 0 Å². The Bertz CT molecular complexity index is 480.